The van der Waals surface area contributed by atoms with Gasteiger partial charge in [-0.3, -0.25) is 0 Å². The highest BCUT2D eigenvalue weighted by atomic mass is 16.3. The summed E-state index contributed by atoms with van der Waals surface area (Å²) in [5.74, 6) is 0.856. The average Bonchev–Trinajstić information content (AvgIpc) is 2.92. The lowest BCUT2D eigenvalue weighted by molar-refractivity contribution is 0.415. The number of hydrogen-bond donors (Lipinski definition) is 2. The molecule has 0 spiro atoms. The summed E-state index contributed by atoms with van der Waals surface area (Å²) in [4.78, 5) is 0. The van der Waals surface area contributed by atoms with Crippen LogP contribution < -0.4 is 5.73 Å². The van der Waals surface area contributed by atoms with Gasteiger partial charge in [-0.1, -0.05) is 43.2 Å². The van der Waals surface area contributed by atoms with Crippen LogP contribution in [0.3, 0.4) is 0 Å². The van der Waals surface area contributed by atoms with E-state index in [2.05, 4.69) is 12.1 Å². The maximum atomic E-state index is 10.2. The maximum Gasteiger partial charge on any atom is 0.120 e. The fourth-order valence-corrected chi connectivity index (χ4v) is 3.19. The maximum absolute atomic E-state index is 10.2. The van der Waals surface area contributed by atoms with Crippen molar-refractivity contribution in [2.45, 2.75) is 31.7 Å². The molecule has 3 N–H and O–H groups in total. The Morgan fingerprint density at radius 1 is 1.06 bits per heavy atom. The van der Waals surface area contributed by atoms with Gasteiger partial charge in [-0.05, 0) is 35.6 Å². The molecule has 1 fully saturated rings. The molecule has 1 atom stereocenters. The van der Waals surface area contributed by atoms with Crippen molar-refractivity contribution < 1.29 is 5.11 Å². The van der Waals surface area contributed by atoms with Crippen LogP contribution in [0, 0.1) is 5.92 Å². The number of phenolic OH excluding ortho intramolecular Hbond substituents is 1. The highest BCUT2D eigenvalue weighted by molar-refractivity contribution is 5.88. The van der Waals surface area contributed by atoms with Crippen molar-refractivity contribution in [3.63, 3.8) is 0 Å². The van der Waals surface area contributed by atoms with Crippen LogP contribution in [0.25, 0.3) is 10.8 Å². The molecular weight excluding hydrogens is 222 g/mol. The van der Waals surface area contributed by atoms with Gasteiger partial charge in [0.05, 0.1) is 0 Å². The number of hydrogen-bond acceptors (Lipinski definition) is 2. The predicted octanol–water partition coefficient (Wildman–Crippen LogP) is 3.74. The van der Waals surface area contributed by atoms with Gasteiger partial charge in [-0.2, -0.15) is 0 Å². The van der Waals surface area contributed by atoms with Crippen molar-refractivity contribution in [1.29, 1.82) is 0 Å². The average molecular weight is 241 g/mol. The molecule has 2 heteroatoms. The van der Waals surface area contributed by atoms with E-state index in [1.54, 1.807) is 6.07 Å². The lowest BCUT2D eigenvalue weighted by Crippen LogP contribution is -2.19. The second-order valence-corrected chi connectivity index (χ2v) is 5.29. The molecule has 94 valence electrons. The molecule has 0 amide bonds. The van der Waals surface area contributed by atoms with Gasteiger partial charge in [0, 0.05) is 11.6 Å². The Labute approximate surface area is 107 Å². The molecule has 2 nitrogen and oxygen atoms in total. The number of phenols is 1. The highest BCUT2D eigenvalue weighted by Crippen LogP contribution is 2.40. The van der Waals surface area contributed by atoms with Gasteiger partial charge in [-0.15, -0.1) is 0 Å². The Bertz CT molecular complexity index is 558. The summed E-state index contributed by atoms with van der Waals surface area (Å²) < 4.78 is 0. The third-order valence-corrected chi connectivity index (χ3v) is 4.19. The number of benzene rings is 2. The minimum Gasteiger partial charge on any atom is -0.508 e. The zero-order chi connectivity index (χ0) is 12.5. The first kappa shape index (κ1) is 11.5. The summed E-state index contributed by atoms with van der Waals surface area (Å²) in [6.07, 6.45) is 4.90. The van der Waals surface area contributed by atoms with Crippen molar-refractivity contribution in [3.8, 4) is 5.75 Å². The van der Waals surface area contributed by atoms with E-state index in [1.165, 1.54) is 25.7 Å². The summed E-state index contributed by atoms with van der Waals surface area (Å²) in [6, 6.07) is 11.8. The number of fused-ring (bicyclic) bond motifs is 1. The van der Waals surface area contributed by atoms with Crippen LogP contribution >= 0.6 is 0 Å². The van der Waals surface area contributed by atoms with Crippen molar-refractivity contribution in [2.75, 3.05) is 0 Å². The van der Waals surface area contributed by atoms with Crippen LogP contribution in [-0.4, -0.2) is 5.11 Å². The summed E-state index contributed by atoms with van der Waals surface area (Å²) in [7, 11) is 0. The van der Waals surface area contributed by atoms with E-state index in [0.29, 0.717) is 11.7 Å². The summed E-state index contributed by atoms with van der Waals surface area (Å²) >= 11 is 0. The standard InChI is InChI=1S/C16H19NO/c17-16(12-6-1-2-7-12)15-13-8-4-3-5-11(13)9-10-14(15)18/h3-5,8-10,12,16,18H,1-2,6-7,17H2/t16-/m1/s1. The Morgan fingerprint density at radius 2 is 1.78 bits per heavy atom. The molecule has 0 radical (unpaired) electrons. The van der Waals surface area contributed by atoms with Gasteiger partial charge in [-0.25, -0.2) is 0 Å². The molecule has 1 aliphatic carbocycles. The van der Waals surface area contributed by atoms with Crippen LogP contribution in [0.5, 0.6) is 5.75 Å². The molecule has 3 rings (SSSR count). The zero-order valence-corrected chi connectivity index (χ0v) is 10.5. The molecule has 2 aromatic rings. The van der Waals surface area contributed by atoms with Crippen LogP contribution in [-0.2, 0) is 0 Å². The van der Waals surface area contributed by atoms with Crippen molar-refractivity contribution in [2.24, 2.45) is 11.7 Å². The Balaban J connectivity index is 2.11. The van der Waals surface area contributed by atoms with Crippen molar-refractivity contribution >= 4 is 10.8 Å². The monoisotopic (exact) mass is 241 g/mol. The van der Waals surface area contributed by atoms with E-state index in [1.807, 2.05) is 18.2 Å². The van der Waals surface area contributed by atoms with Crippen LogP contribution in [0.4, 0.5) is 0 Å². The van der Waals surface area contributed by atoms with Gasteiger partial charge >= 0.3 is 0 Å². The Hall–Kier alpha value is -1.54. The molecule has 0 aromatic heterocycles. The largest absolute Gasteiger partial charge is 0.508 e. The van der Waals surface area contributed by atoms with E-state index in [4.69, 9.17) is 5.73 Å². The first-order chi connectivity index (χ1) is 8.77. The lowest BCUT2D eigenvalue weighted by Gasteiger charge is -2.22. The molecule has 0 unspecified atom stereocenters. The van der Waals surface area contributed by atoms with Gasteiger partial charge < -0.3 is 10.8 Å². The quantitative estimate of drug-likeness (QED) is 0.841. The second-order valence-electron chi connectivity index (χ2n) is 5.29. The number of rotatable bonds is 2. The van der Waals surface area contributed by atoms with Gasteiger partial charge in [0.15, 0.2) is 0 Å². The van der Waals surface area contributed by atoms with Crippen molar-refractivity contribution in [3.05, 3.63) is 42.0 Å². The van der Waals surface area contributed by atoms with Crippen LogP contribution in [0.1, 0.15) is 37.3 Å². The second kappa shape index (κ2) is 4.62. The fourth-order valence-electron chi connectivity index (χ4n) is 3.19. The first-order valence-corrected chi connectivity index (χ1v) is 6.73. The molecule has 1 aliphatic rings. The third-order valence-electron chi connectivity index (χ3n) is 4.19. The van der Waals surface area contributed by atoms with E-state index in [0.717, 1.165) is 16.3 Å². The van der Waals surface area contributed by atoms with E-state index >= 15 is 0 Å². The van der Waals surface area contributed by atoms with E-state index < -0.39 is 0 Å². The minimum atomic E-state index is -0.0430. The molecule has 18 heavy (non-hydrogen) atoms. The summed E-state index contributed by atoms with van der Waals surface area (Å²) in [5.41, 5.74) is 7.34. The smallest absolute Gasteiger partial charge is 0.120 e. The van der Waals surface area contributed by atoms with Gasteiger partial charge in [0.2, 0.25) is 0 Å². The normalized spacial score (nSPS) is 18.3. The molecule has 0 aliphatic heterocycles. The van der Waals surface area contributed by atoms with Gasteiger partial charge in [0.25, 0.3) is 0 Å². The molecule has 0 saturated heterocycles. The minimum absolute atomic E-state index is 0.0430. The van der Waals surface area contributed by atoms with Crippen LogP contribution in [0.15, 0.2) is 36.4 Å². The molecular formula is C16H19NO. The van der Waals surface area contributed by atoms with Crippen LogP contribution in [0.2, 0.25) is 0 Å². The molecule has 1 saturated carbocycles. The zero-order valence-electron chi connectivity index (χ0n) is 10.5. The van der Waals surface area contributed by atoms with E-state index in [9.17, 15) is 5.11 Å². The number of nitrogens with two attached hydrogens (primary N) is 1. The number of aromatic hydroxyl groups is 1. The topological polar surface area (TPSA) is 46.2 Å². The molecule has 0 bridgehead atoms. The third kappa shape index (κ3) is 1.87. The SMILES string of the molecule is N[C@@H](c1c(O)ccc2ccccc12)C1CCCC1. The first-order valence-electron chi connectivity index (χ1n) is 6.73. The summed E-state index contributed by atoms with van der Waals surface area (Å²) in [6.45, 7) is 0. The Kier molecular flexibility index (Phi) is 2.96. The lowest BCUT2D eigenvalue weighted by atomic mass is 9.88. The summed E-state index contributed by atoms with van der Waals surface area (Å²) in [5, 5.41) is 12.4. The van der Waals surface area contributed by atoms with Crippen molar-refractivity contribution in [1.82, 2.24) is 0 Å². The highest BCUT2D eigenvalue weighted by Gasteiger charge is 2.26. The molecule has 2 aromatic carbocycles. The van der Waals surface area contributed by atoms with E-state index in [-0.39, 0.29) is 6.04 Å². The fraction of sp³-hybridized carbons (Fsp3) is 0.375. The van der Waals surface area contributed by atoms with Gasteiger partial charge in [0.1, 0.15) is 5.75 Å². The Morgan fingerprint density at radius 3 is 2.56 bits per heavy atom. The molecule has 0 heterocycles. The predicted molar refractivity (Wildman–Crippen MR) is 74.5 cm³/mol.